The van der Waals surface area contributed by atoms with Crippen molar-refractivity contribution in [3.05, 3.63) is 0 Å². The minimum absolute atomic E-state index is 0.0586. The fraction of sp³-hybridized carbons (Fsp3) is 1.00. The van der Waals surface area contributed by atoms with Gasteiger partial charge in [0.05, 0.1) is 4.83 Å². The first-order valence-corrected chi connectivity index (χ1v) is 4.12. The van der Waals surface area contributed by atoms with Crippen LogP contribution in [0.15, 0.2) is 0 Å². The Morgan fingerprint density at radius 2 is 1.71 bits per heavy atom. The normalized spacial score (nSPS) is 16.7. The van der Waals surface area contributed by atoms with Crippen LogP contribution in [0.2, 0.25) is 0 Å². The lowest BCUT2D eigenvalue weighted by molar-refractivity contribution is 1.05. The molecule has 0 saturated heterocycles. The summed E-state index contributed by atoms with van der Waals surface area (Å²) in [5.74, 6) is 0. The highest BCUT2D eigenvalue weighted by Crippen LogP contribution is 2.36. The Bertz CT molecular complexity index is 56.4. The first kappa shape index (κ1) is 8.54. The van der Waals surface area contributed by atoms with Crippen LogP contribution in [0.1, 0.15) is 6.92 Å². The van der Waals surface area contributed by atoms with Gasteiger partial charge in [0.1, 0.15) is 0 Å². The van der Waals surface area contributed by atoms with Crippen LogP contribution in [-0.4, -0.2) is 8.07 Å². The van der Waals surface area contributed by atoms with Crippen molar-refractivity contribution < 1.29 is 0 Å². The Hall–Kier alpha value is 1.54. The SMILES string of the molecule is CC(Br)C(Cl)(Cl)Br. The van der Waals surface area contributed by atoms with Gasteiger partial charge < -0.3 is 0 Å². The number of halogens is 4. The Morgan fingerprint density at radius 1 is 1.57 bits per heavy atom. The Morgan fingerprint density at radius 3 is 1.71 bits per heavy atom. The number of alkyl halides is 4. The van der Waals surface area contributed by atoms with E-state index in [9.17, 15) is 0 Å². The molecule has 0 fully saturated rings. The molecule has 0 N–H and O–H groups in total. The Labute approximate surface area is 69.8 Å². The molecule has 0 rings (SSSR count). The fourth-order valence-corrected chi connectivity index (χ4v) is 0. The second-order valence-electron chi connectivity index (χ2n) is 1.16. The van der Waals surface area contributed by atoms with Gasteiger partial charge in [-0.15, -0.1) is 0 Å². The van der Waals surface area contributed by atoms with E-state index in [0.717, 1.165) is 0 Å². The fourth-order valence-electron chi connectivity index (χ4n) is 0. The lowest BCUT2D eigenvalue weighted by Gasteiger charge is -2.12. The summed E-state index contributed by atoms with van der Waals surface area (Å²) in [6.45, 7) is 1.86. The topological polar surface area (TPSA) is 0 Å². The van der Waals surface area contributed by atoms with Crippen LogP contribution in [0.3, 0.4) is 0 Å². The third kappa shape index (κ3) is 4.07. The standard InChI is InChI=1S/C3H4Br2Cl2/c1-2(4)3(5,6)7/h2H,1H3. The molecule has 0 nitrogen and oxygen atoms in total. The second kappa shape index (κ2) is 2.90. The van der Waals surface area contributed by atoms with E-state index in [2.05, 4.69) is 31.9 Å². The summed E-state index contributed by atoms with van der Waals surface area (Å²) < 4.78 is -0.826. The molecule has 0 spiro atoms. The highest BCUT2D eigenvalue weighted by molar-refractivity contribution is 9.13. The Balaban J connectivity index is 3.54. The molecule has 0 aliphatic carbocycles. The van der Waals surface area contributed by atoms with Crippen molar-refractivity contribution >= 4 is 55.1 Å². The van der Waals surface area contributed by atoms with Gasteiger partial charge in [0, 0.05) is 0 Å². The van der Waals surface area contributed by atoms with Crippen LogP contribution < -0.4 is 0 Å². The molecule has 0 aromatic rings. The number of hydrogen-bond donors (Lipinski definition) is 0. The quantitative estimate of drug-likeness (QED) is 0.642. The van der Waals surface area contributed by atoms with E-state index >= 15 is 0 Å². The van der Waals surface area contributed by atoms with Gasteiger partial charge in [-0.25, -0.2) is 0 Å². The van der Waals surface area contributed by atoms with E-state index in [1.807, 2.05) is 6.92 Å². The molecule has 7 heavy (non-hydrogen) atoms. The molecule has 0 aliphatic heterocycles. The highest BCUT2D eigenvalue weighted by atomic mass is 79.9. The third-order valence-corrected chi connectivity index (χ3v) is 3.62. The van der Waals surface area contributed by atoms with Crippen molar-refractivity contribution in [3.8, 4) is 0 Å². The monoisotopic (exact) mass is 268 g/mol. The van der Waals surface area contributed by atoms with Crippen molar-refractivity contribution in [2.45, 2.75) is 15.0 Å². The van der Waals surface area contributed by atoms with Crippen molar-refractivity contribution in [3.63, 3.8) is 0 Å². The van der Waals surface area contributed by atoms with E-state index in [-0.39, 0.29) is 4.83 Å². The van der Waals surface area contributed by atoms with Gasteiger partial charge in [-0.1, -0.05) is 39.1 Å². The highest BCUT2D eigenvalue weighted by Gasteiger charge is 2.24. The van der Waals surface area contributed by atoms with E-state index in [4.69, 9.17) is 23.2 Å². The summed E-state index contributed by atoms with van der Waals surface area (Å²) >= 11 is 17.2. The number of hydrogen-bond acceptors (Lipinski definition) is 0. The molecule has 0 heterocycles. The summed E-state index contributed by atoms with van der Waals surface area (Å²) in [5.41, 5.74) is 0. The lowest BCUT2D eigenvalue weighted by atomic mass is 10.6. The molecule has 4 heteroatoms. The molecule has 1 atom stereocenters. The first-order valence-electron chi connectivity index (χ1n) is 1.65. The van der Waals surface area contributed by atoms with Crippen molar-refractivity contribution in [2.24, 2.45) is 0 Å². The van der Waals surface area contributed by atoms with Crippen LogP contribution >= 0.6 is 55.1 Å². The van der Waals surface area contributed by atoms with Crippen LogP contribution in [0.5, 0.6) is 0 Å². The van der Waals surface area contributed by atoms with Gasteiger partial charge in [0.15, 0.2) is 3.24 Å². The van der Waals surface area contributed by atoms with Gasteiger partial charge in [-0.05, 0) is 22.9 Å². The second-order valence-corrected chi connectivity index (χ2v) is 6.08. The smallest absolute Gasteiger partial charge is 0.0876 e. The van der Waals surface area contributed by atoms with E-state index in [1.54, 1.807) is 0 Å². The average molecular weight is 271 g/mol. The molecule has 1 unspecified atom stereocenters. The van der Waals surface area contributed by atoms with Gasteiger partial charge >= 0.3 is 0 Å². The molecule has 0 amide bonds. The zero-order valence-electron chi connectivity index (χ0n) is 3.59. The molecule has 0 radical (unpaired) electrons. The van der Waals surface area contributed by atoms with Gasteiger partial charge in [0.25, 0.3) is 0 Å². The zero-order valence-corrected chi connectivity index (χ0v) is 8.27. The minimum Gasteiger partial charge on any atom is -0.0876 e. The summed E-state index contributed by atoms with van der Waals surface area (Å²) in [7, 11) is 0. The molecular formula is C3H4Br2Cl2. The Kier molecular flexibility index (Phi) is 3.54. The zero-order chi connectivity index (χ0) is 6.08. The average Bonchev–Trinajstić information content (AvgIpc) is 1.31. The minimum atomic E-state index is -0.826. The van der Waals surface area contributed by atoms with Gasteiger partial charge in [-0.3, -0.25) is 0 Å². The largest absolute Gasteiger partial charge is 0.184 e. The molecule has 0 aromatic heterocycles. The molecule has 44 valence electrons. The van der Waals surface area contributed by atoms with E-state index < -0.39 is 3.24 Å². The molecule has 0 saturated carbocycles. The maximum atomic E-state index is 5.50. The third-order valence-electron chi connectivity index (χ3n) is 0.451. The number of rotatable bonds is 1. The van der Waals surface area contributed by atoms with Crippen LogP contribution in [0.25, 0.3) is 0 Å². The molecule has 0 aromatic carbocycles. The maximum absolute atomic E-state index is 5.50. The van der Waals surface area contributed by atoms with Gasteiger partial charge in [0.2, 0.25) is 0 Å². The summed E-state index contributed by atoms with van der Waals surface area (Å²) in [6.07, 6.45) is 0. The van der Waals surface area contributed by atoms with E-state index in [1.165, 1.54) is 0 Å². The predicted octanol–water partition coefficient (Wildman–Crippen LogP) is 3.30. The summed E-state index contributed by atoms with van der Waals surface area (Å²) in [4.78, 5) is 0.0586. The molecule has 0 bridgehead atoms. The summed E-state index contributed by atoms with van der Waals surface area (Å²) in [5, 5.41) is 0. The van der Waals surface area contributed by atoms with E-state index in [0.29, 0.717) is 0 Å². The predicted molar refractivity (Wildman–Crippen MR) is 41.8 cm³/mol. The molecular weight excluding hydrogens is 267 g/mol. The van der Waals surface area contributed by atoms with Gasteiger partial charge in [-0.2, -0.15) is 0 Å². The van der Waals surface area contributed by atoms with Crippen molar-refractivity contribution in [2.75, 3.05) is 0 Å². The first-order chi connectivity index (χ1) is 2.94. The summed E-state index contributed by atoms with van der Waals surface area (Å²) in [6, 6.07) is 0. The van der Waals surface area contributed by atoms with Crippen LogP contribution in [-0.2, 0) is 0 Å². The van der Waals surface area contributed by atoms with Crippen LogP contribution in [0.4, 0.5) is 0 Å². The van der Waals surface area contributed by atoms with Crippen molar-refractivity contribution in [1.82, 2.24) is 0 Å². The lowest BCUT2D eigenvalue weighted by Crippen LogP contribution is -2.12. The van der Waals surface area contributed by atoms with Crippen LogP contribution in [0, 0.1) is 0 Å². The molecule has 0 aliphatic rings. The van der Waals surface area contributed by atoms with Crippen molar-refractivity contribution in [1.29, 1.82) is 0 Å². The maximum Gasteiger partial charge on any atom is 0.184 e.